The van der Waals surface area contributed by atoms with Gasteiger partial charge in [-0.15, -0.1) is 11.6 Å². The molecular weight excluding hydrogens is 378 g/mol. The Bertz CT molecular complexity index is 571. The van der Waals surface area contributed by atoms with Crippen molar-refractivity contribution in [2.75, 3.05) is 65.0 Å². The lowest BCUT2D eigenvalue weighted by Gasteiger charge is -2.18. The number of alkyl halides is 1. The van der Waals surface area contributed by atoms with E-state index in [1.54, 1.807) is 33.3 Å². The monoisotopic (exact) mass is 405 g/mol. The summed E-state index contributed by atoms with van der Waals surface area (Å²) in [5.41, 5.74) is 0.717. The highest BCUT2D eigenvalue weighted by atomic mass is 35.5. The molecule has 0 aliphatic carbocycles. The fourth-order valence-corrected chi connectivity index (χ4v) is 2.17. The van der Waals surface area contributed by atoms with E-state index >= 15 is 0 Å². The second-order valence-corrected chi connectivity index (χ2v) is 5.75. The predicted octanol–water partition coefficient (Wildman–Crippen LogP) is 1.93. The molecule has 0 amide bonds. The molecule has 1 aromatic rings. The molecule has 1 unspecified atom stereocenters. The van der Waals surface area contributed by atoms with Crippen LogP contribution in [0.5, 0.6) is 11.5 Å². The van der Waals surface area contributed by atoms with E-state index in [0.717, 1.165) is 0 Å². The fourth-order valence-electron chi connectivity index (χ4n) is 2.06. The normalized spacial score (nSPS) is 11.7. The van der Waals surface area contributed by atoms with Gasteiger partial charge in [-0.2, -0.15) is 0 Å². The Morgan fingerprint density at radius 1 is 1.11 bits per heavy atom. The van der Waals surface area contributed by atoms with Gasteiger partial charge in [0.2, 0.25) is 0 Å². The summed E-state index contributed by atoms with van der Waals surface area (Å²) < 4.78 is 26.5. The number of aliphatic hydroxyl groups excluding tert-OH is 1. The Balaban J connectivity index is 3.16. The van der Waals surface area contributed by atoms with Crippen LogP contribution in [-0.2, 0) is 14.2 Å². The first-order chi connectivity index (χ1) is 13.1. The van der Waals surface area contributed by atoms with Crippen LogP contribution in [-0.4, -0.2) is 76.9 Å². The van der Waals surface area contributed by atoms with Crippen LogP contribution in [0.15, 0.2) is 12.1 Å². The number of rotatable bonds is 14. The summed E-state index contributed by atoms with van der Waals surface area (Å²) in [6, 6.07) is 3.18. The van der Waals surface area contributed by atoms with Crippen LogP contribution in [0.1, 0.15) is 17.3 Å². The van der Waals surface area contributed by atoms with Gasteiger partial charge in [0, 0.05) is 32.9 Å². The maximum atomic E-state index is 12.3. The van der Waals surface area contributed by atoms with E-state index < -0.39 is 12.1 Å². The van der Waals surface area contributed by atoms with Crippen molar-refractivity contribution in [1.82, 2.24) is 0 Å². The summed E-state index contributed by atoms with van der Waals surface area (Å²) in [4.78, 5) is 12.3. The first-order valence-electron chi connectivity index (χ1n) is 8.63. The van der Waals surface area contributed by atoms with Crippen molar-refractivity contribution in [2.45, 2.75) is 13.0 Å². The number of benzene rings is 1. The van der Waals surface area contributed by atoms with Gasteiger partial charge in [0.25, 0.3) is 0 Å². The number of carbonyl (C=O) groups excluding carboxylic acids is 1. The molecular formula is C18H28ClNO7. The number of carbonyl (C=O) groups is 1. The lowest BCUT2D eigenvalue weighted by atomic mass is 10.1. The smallest absolute Gasteiger partial charge is 0.340 e. The van der Waals surface area contributed by atoms with Crippen LogP contribution in [0.4, 0.5) is 5.69 Å². The summed E-state index contributed by atoms with van der Waals surface area (Å²) in [5.74, 6) is 0.367. The van der Waals surface area contributed by atoms with E-state index in [1.165, 1.54) is 0 Å². The topological polar surface area (TPSA) is 95.5 Å². The van der Waals surface area contributed by atoms with Gasteiger partial charge in [-0.25, -0.2) is 4.79 Å². The van der Waals surface area contributed by atoms with Crippen molar-refractivity contribution in [3.05, 3.63) is 17.7 Å². The molecule has 0 heterocycles. The number of nitrogens with one attached hydrogen (secondary N) is 1. The molecule has 1 atom stereocenters. The molecule has 2 N–H and O–H groups in total. The predicted molar refractivity (Wildman–Crippen MR) is 102 cm³/mol. The van der Waals surface area contributed by atoms with Crippen LogP contribution in [0.25, 0.3) is 0 Å². The molecule has 0 saturated heterocycles. The van der Waals surface area contributed by atoms with Gasteiger partial charge >= 0.3 is 5.97 Å². The highest BCUT2D eigenvalue weighted by Gasteiger charge is 2.19. The van der Waals surface area contributed by atoms with Gasteiger partial charge in [-0.3, -0.25) is 0 Å². The Kier molecular flexibility index (Phi) is 11.6. The van der Waals surface area contributed by atoms with Crippen molar-refractivity contribution in [3.8, 4) is 11.5 Å². The number of esters is 1. The Morgan fingerprint density at radius 2 is 1.70 bits per heavy atom. The number of hydrogen-bond donors (Lipinski definition) is 2. The summed E-state index contributed by atoms with van der Waals surface area (Å²) in [6.07, 6.45) is -0.766. The quantitative estimate of drug-likeness (QED) is 0.275. The second kappa shape index (κ2) is 13.4. The van der Waals surface area contributed by atoms with Crippen molar-refractivity contribution >= 4 is 23.3 Å². The highest BCUT2D eigenvalue weighted by molar-refractivity contribution is 6.18. The molecule has 0 aromatic heterocycles. The minimum Gasteiger partial charge on any atom is -0.487 e. The number of anilines is 1. The van der Waals surface area contributed by atoms with E-state index in [-0.39, 0.29) is 31.2 Å². The van der Waals surface area contributed by atoms with Gasteiger partial charge in [0.1, 0.15) is 13.2 Å². The van der Waals surface area contributed by atoms with Gasteiger partial charge in [-0.1, -0.05) is 0 Å². The van der Waals surface area contributed by atoms with Crippen molar-refractivity contribution in [1.29, 1.82) is 0 Å². The zero-order valence-electron chi connectivity index (χ0n) is 16.0. The Morgan fingerprint density at radius 3 is 2.22 bits per heavy atom. The van der Waals surface area contributed by atoms with Crippen LogP contribution in [0, 0.1) is 0 Å². The number of halogens is 1. The molecule has 0 fully saturated rings. The third-order valence-electron chi connectivity index (χ3n) is 3.38. The molecule has 0 radical (unpaired) electrons. The van der Waals surface area contributed by atoms with E-state index in [9.17, 15) is 9.90 Å². The summed E-state index contributed by atoms with van der Waals surface area (Å²) in [7, 11) is 3.14. The summed E-state index contributed by atoms with van der Waals surface area (Å²) in [5, 5.41) is 12.7. The van der Waals surface area contributed by atoms with Crippen LogP contribution >= 0.6 is 11.6 Å². The fraction of sp³-hybridized carbons (Fsp3) is 0.611. The van der Waals surface area contributed by atoms with E-state index in [0.29, 0.717) is 37.0 Å². The standard InChI is InChI=1S/C18H28ClNO7/c1-4-25-18(22)14-9-16(26-7-5-23-2)17(27-8-6-24-3)10-15(14)20-12-13(21)11-19/h9-10,13,20-21H,4-8,11-12H2,1-3H3. The first-order valence-corrected chi connectivity index (χ1v) is 9.17. The Hall–Kier alpha value is -1.74. The lowest BCUT2D eigenvalue weighted by molar-refractivity contribution is 0.0526. The second-order valence-electron chi connectivity index (χ2n) is 5.44. The molecule has 0 bridgehead atoms. The van der Waals surface area contributed by atoms with Gasteiger partial charge in [0.05, 0.1) is 43.1 Å². The summed E-state index contributed by atoms with van der Waals surface area (Å²) >= 11 is 5.63. The van der Waals surface area contributed by atoms with E-state index in [1.807, 2.05) is 0 Å². The van der Waals surface area contributed by atoms with Crippen molar-refractivity contribution < 1.29 is 33.6 Å². The zero-order valence-corrected chi connectivity index (χ0v) is 16.7. The van der Waals surface area contributed by atoms with Crippen molar-refractivity contribution in [2.24, 2.45) is 0 Å². The molecule has 0 aliphatic heterocycles. The number of methoxy groups -OCH3 is 2. The highest BCUT2D eigenvalue weighted by Crippen LogP contribution is 2.34. The van der Waals surface area contributed by atoms with Crippen LogP contribution in [0.2, 0.25) is 0 Å². The molecule has 1 aromatic carbocycles. The largest absolute Gasteiger partial charge is 0.487 e. The van der Waals surface area contributed by atoms with Gasteiger partial charge in [-0.05, 0) is 6.92 Å². The van der Waals surface area contributed by atoms with Crippen LogP contribution < -0.4 is 14.8 Å². The Labute approximate surface area is 164 Å². The van der Waals surface area contributed by atoms with Gasteiger partial charge < -0.3 is 34.1 Å². The number of aliphatic hydroxyl groups is 1. The van der Waals surface area contributed by atoms with E-state index in [2.05, 4.69) is 5.32 Å². The number of ether oxygens (including phenoxy) is 5. The van der Waals surface area contributed by atoms with Crippen LogP contribution in [0.3, 0.4) is 0 Å². The number of hydrogen-bond acceptors (Lipinski definition) is 8. The van der Waals surface area contributed by atoms with Crippen molar-refractivity contribution in [3.63, 3.8) is 0 Å². The third-order valence-corrected chi connectivity index (χ3v) is 3.73. The maximum absolute atomic E-state index is 12.3. The molecule has 1 rings (SSSR count). The molecule has 0 spiro atoms. The molecule has 154 valence electrons. The minimum absolute atomic E-state index is 0.0666. The molecule has 9 heteroatoms. The average Bonchev–Trinajstić information content (AvgIpc) is 2.67. The third kappa shape index (κ3) is 8.21. The average molecular weight is 406 g/mol. The maximum Gasteiger partial charge on any atom is 0.340 e. The molecule has 8 nitrogen and oxygen atoms in total. The van der Waals surface area contributed by atoms with Gasteiger partial charge in [0.15, 0.2) is 11.5 Å². The van der Waals surface area contributed by atoms with E-state index in [4.69, 9.17) is 35.3 Å². The molecule has 0 aliphatic rings. The molecule has 27 heavy (non-hydrogen) atoms. The zero-order chi connectivity index (χ0) is 20.1. The minimum atomic E-state index is -0.766. The SMILES string of the molecule is CCOC(=O)c1cc(OCCOC)c(OCCOC)cc1NCC(O)CCl. The lowest BCUT2D eigenvalue weighted by Crippen LogP contribution is -2.22. The molecule has 0 saturated carbocycles. The summed E-state index contributed by atoms with van der Waals surface area (Å²) in [6.45, 7) is 3.49. The first kappa shape index (κ1) is 23.3.